The number of benzene rings is 1. The summed E-state index contributed by atoms with van der Waals surface area (Å²) in [6.07, 6.45) is 6.34. The van der Waals surface area contributed by atoms with Gasteiger partial charge in [-0.25, -0.2) is 8.42 Å². The van der Waals surface area contributed by atoms with Gasteiger partial charge in [-0.15, -0.1) is 6.42 Å². The van der Waals surface area contributed by atoms with E-state index in [1.165, 1.54) is 36.2 Å². The third-order valence-electron chi connectivity index (χ3n) is 4.31. The number of likely N-dealkylation sites (tertiary alicyclic amines) is 1. The number of hydrogen-bond acceptors (Lipinski definition) is 5. The molecular formula is C18H22N4O5S. The Kier molecular flexibility index (Phi) is 7.14. The monoisotopic (exact) mass is 406 g/mol. The predicted octanol–water partition coefficient (Wildman–Crippen LogP) is -0.935. The molecule has 1 aliphatic rings. The summed E-state index contributed by atoms with van der Waals surface area (Å²) in [7, 11) is -2.23. The zero-order valence-corrected chi connectivity index (χ0v) is 16.2. The molecule has 3 amide bonds. The van der Waals surface area contributed by atoms with Gasteiger partial charge in [0.2, 0.25) is 21.8 Å². The smallest absolute Gasteiger partial charge is 0.251 e. The van der Waals surface area contributed by atoms with Crippen LogP contribution in [0.4, 0.5) is 0 Å². The number of carbonyl (C=O) groups excluding carboxylic acids is 3. The van der Waals surface area contributed by atoms with E-state index in [2.05, 4.69) is 21.3 Å². The third-order valence-corrected chi connectivity index (χ3v) is 5.73. The Morgan fingerprint density at radius 1 is 1.25 bits per heavy atom. The summed E-state index contributed by atoms with van der Waals surface area (Å²) >= 11 is 0. The van der Waals surface area contributed by atoms with Gasteiger partial charge in [0.05, 0.1) is 18.0 Å². The largest absolute Gasteiger partial charge is 0.357 e. The van der Waals surface area contributed by atoms with Gasteiger partial charge in [0.25, 0.3) is 5.91 Å². The van der Waals surface area contributed by atoms with Crippen molar-refractivity contribution in [2.75, 3.05) is 26.7 Å². The summed E-state index contributed by atoms with van der Waals surface area (Å²) in [6.45, 7) is 0.0698. The van der Waals surface area contributed by atoms with Gasteiger partial charge >= 0.3 is 0 Å². The zero-order chi connectivity index (χ0) is 20.7. The number of amides is 3. The average molecular weight is 406 g/mol. The Morgan fingerprint density at radius 3 is 2.54 bits per heavy atom. The van der Waals surface area contributed by atoms with Crippen molar-refractivity contribution in [3.05, 3.63) is 29.8 Å². The van der Waals surface area contributed by atoms with Crippen LogP contribution in [0, 0.1) is 12.3 Å². The normalized spacial score (nSPS) is 16.3. The standard InChI is InChI=1S/C18H22N4O5S/c1-3-10-21-28(26,27)14-8-6-13(7-9-14)17(24)20-12-16(23)22-11-4-5-15(22)18(25)19-2/h1,6-9,15,21H,4-5,10-12H2,2H3,(H,19,25)(H,20,24). The third kappa shape index (κ3) is 5.09. The van der Waals surface area contributed by atoms with E-state index in [0.29, 0.717) is 13.0 Å². The van der Waals surface area contributed by atoms with E-state index in [9.17, 15) is 22.8 Å². The lowest BCUT2D eigenvalue weighted by Gasteiger charge is -2.23. The topological polar surface area (TPSA) is 125 Å². The number of rotatable bonds is 7. The molecule has 2 rings (SSSR count). The molecule has 0 radical (unpaired) electrons. The maximum atomic E-state index is 12.3. The lowest BCUT2D eigenvalue weighted by molar-refractivity contribution is -0.137. The first-order valence-corrected chi connectivity index (χ1v) is 10.1. The van der Waals surface area contributed by atoms with Gasteiger partial charge < -0.3 is 15.5 Å². The first-order chi connectivity index (χ1) is 13.3. The van der Waals surface area contributed by atoms with Crippen molar-refractivity contribution in [2.45, 2.75) is 23.8 Å². The van der Waals surface area contributed by atoms with Crippen LogP contribution >= 0.6 is 0 Å². The number of carbonyl (C=O) groups is 3. The van der Waals surface area contributed by atoms with E-state index in [4.69, 9.17) is 6.42 Å². The number of likely N-dealkylation sites (N-methyl/N-ethyl adjacent to an activating group) is 1. The van der Waals surface area contributed by atoms with E-state index < -0.39 is 22.0 Å². The second-order valence-electron chi connectivity index (χ2n) is 6.10. The minimum absolute atomic E-state index is 0.0270. The maximum absolute atomic E-state index is 12.3. The van der Waals surface area contributed by atoms with E-state index in [1.54, 1.807) is 0 Å². The number of terminal acetylenes is 1. The molecule has 1 aliphatic heterocycles. The molecule has 0 spiro atoms. The minimum atomic E-state index is -3.74. The lowest BCUT2D eigenvalue weighted by Crippen LogP contribution is -2.48. The summed E-state index contributed by atoms with van der Waals surface area (Å²) in [4.78, 5) is 37.8. The van der Waals surface area contributed by atoms with Crippen molar-refractivity contribution in [3.8, 4) is 12.3 Å². The minimum Gasteiger partial charge on any atom is -0.357 e. The van der Waals surface area contributed by atoms with Crippen LogP contribution in [0.2, 0.25) is 0 Å². The number of sulfonamides is 1. The molecule has 1 fully saturated rings. The van der Waals surface area contributed by atoms with Crippen molar-refractivity contribution in [1.82, 2.24) is 20.3 Å². The zero-order valence-electron chi connectivity index (χ0n) is 15.4. The lowest BCUT2D eigenvalue weighted by atomic mass is 10.2. The molecule has 10 heteroatoms. The summed E-state index contributed by atoms with van der Waals surface area (Å²) in [5, 5.41) is 5.02. The molecule has 0 aromatic heterocycles. The van der Waals surface area contributed by atoms with Crippen LogP contribution < -0.4 is 15.4 Å². The molecule has 1 atom stereocenters. The van der Waals surface area contributed by atoms with Crippen LogP contribution in [0.5, 0.6) is 0 Å². The molecule has 3 N–H and O–H groups in total. The highest BCUT2D eigenvalue weighted by atomic mass is 32.2. The Hall–Kier alpha value is -2.90. The molecule has 1 saturated heterocycles. The highest BCUT2D eigenvalue weighted by molar-refractivity contribution is 7.89. The molecule has 9 nitrogen and oxygen atoms in total. The SMILES string of the molecule is C#CCNS(=O)(=O)c1ccc(C(=O)NCC(=O)N2CCCC2C(=O)NC)cc1. The summed E-state index contributed by atoms with van der Waals surface area (Å²) in [6, 6.07) is 4.71. The van der Waals surface area contributed by atoms with Gasteiger partial charge in [-0.1, -0.05) is 5.92 Å². The van der Waals surface area contributed by atoms with Crippen molar-refractivity contribution >= 4 is 27.7 Å². The van der Waals surface area contributed by atoms with Gasteiger partial charge in [0, 0.05) is 19.2 Å². The Bertz CT molecular complexity index is 890. The van der Waals surface area contributed by atoms with Gasteiger partial charge in [-0.3, -0.25) is 14.4 Å². The Balaban J connectivity index is 1.95. The Labute approximate surface area is 163 Å². The van der Waals surface area contributed by atoms with E-state index in [0.717, 1.165) is 6.42 Å². The predicted molar refractivity (Wildman–Crippen MR) is 102 cm³/mol. The molecule has 1 heterocycles. The quantitative estimate of drug-likeness (QED) is 0.505. The molecular weight excluding hydrogens is 384 g/mol. The molecule has 28 heavy (non-hydrogen) atoms. The second-order valence-corrected chi connectivity index (χ2v) is 7.86. The van der Waals surface area contributed by atoms with E-state index in [1.807, 2.05) is 0 Å². The van der Waals surface area contributed by atoms with Crippen LogP contribution in [0.3, 0.4) is 0 Å². The number of nitrogens with zero attached hydrogens (tertiary/aromatic N) is 1. The van der Waals surface area contributed by atoms with Gasteiger partial charge in [0.15, 0.2) is 0 Å². The fraction of sp³-hybridized carbons (Fsp3) is 0.389. The highest BCUT2D eigenvalue weighted by Gasteiger charge is 2.33. The first-order valence-electron chi connectivity index (χ1n) is 8.62. The Morgan fingerprint density at radius 2 is 1.93 bits per heavy atom. The van der Waals surface area contributed by atoms with E-state index >= 15 is 0 Å². The van der Waals surface area contributed by atoms with Gasteiger partial charge in [0.1, 0.15) is 6.04 Å². The van der Waals surface area contributed by atoms with Crippen molar-refractivity contribution in [1.29, 1.82) is 0 Å². The molecule has 1 aromatic carbocycles. The first kappa shape index (κ1) is 21.4. The molecule has 0 saturated carbocycles. The molecule has 1 aromatic rings. The highest BCUT2D eigenvalue weighted by Crippen LogP contribution is 2.17. The van der Waals surface area contributed by atoms with Crippen LogP contribution in [0.1, 0.15) is 23.2 Å². The molecule has 1 unspecified atom stereocenters. The van der Waals surface area contributed by atoms with Gasteiger partial charge in [-0.05, 0) is 37.1 Å². The molecule has 0 aliphatic carbocycles. The van der Waals surface area contributed by atoms with Crippen LogP contribution in [0.25, 0.3) is 0 Å². The van der Waals surface area contributed by atoms with E-state index in [-0.39, 0.29) is 35.4 Å². The second kappa shape index (κ2) is 9.34. The molecule has 150 valence electrons. The van der Waals surface area contributed by atoms with Crippen LogP contribution in [-0.4, -0.2) is 63.8 Å². The molecule has 0 bridgehead atoms. The summed E-state index contributed by atoms with van der Waals surface area (Å²) < 4.78 is 26.1. The average Bonchev–Trinajstić information content (AvgIpc) is 3.19. The number of nitrogens with one attached hydrogen (secondary N) is 3. The van der Waals surface area contributed by atoms with Crippen molar-refractivity contribution in [2.24, 2.45) is 0 Å². The van der Waals surface area contributed by atoms with Crippen molar-refractivity contribution < 1.29 is 22.8 Å². The fourth-order valence-electron chi connectivity index (χ4n) is 2.87. The van der Waals surface area contributed by atoms with Gasteiger partial charge in [-0.2, -0.15) is 4.72 Å². The van der Waals surface area contributed by atoms with Crippen LogP contribution in [-0.2, 0) is 19.6 Å². The van der Waals surface area contributed by atoms with Crippen molar-refractivity contribution in [3.63, 3.8) is 0 Å². The maximum Gasteiger partial charge on any atom is 0.251 e. The fourth-order valence-corrected chi connectivity index (χ4v) is 3.80. The van der Waals surface area contributed by atoms with Crippen LogP contribution in [0.15, 0.2) is 29.2 Å². The number of hydrogen-bond donors (Lipinski definition) is 3. The summed E-state index contributed by atoms with van der Waals surface area (Å²) in [5.41, 5.74) is 0.202. The summed E-state index contributed by atoms with van der Waals surface area (Å²) in [5.74, 6) is 1.07.